The summed E-state index contributed by atoms with van der Waals surface area (Å²) in [5.74, 6) is -0.410. The maximum atomic E-state index is 12.5. The molecular formula is C13H17F3N2O2. The first-order chi connectivity index (χ1) is 9.14. The van der Waals surface area contributed by atoms with Crippen molar-refractivity contribution in [1.82, 2.24) is 4.90 Å². The van der Waals surface area contributed by atoms with Crippen LogP contribution in [0, 0.1) is 0 Å². The normalized spacial score (nSPS) is 11.6. The first-order valence-corrected chi connectivity index (χ1v) is 5.96. The van der Waals surface area contributed by atoms with E-state index in [1.807, 2.05) is 0 Å². The van der Waals surface area contributed by atoms with Crippen molar-refractivity contribution in [2.75, 3.05) is 19.4 Å². The van der Waals surface area contributed by atoms with E-state index in [2.05, 4.69) is 0 Å². The molecule has 0 saturated heterocycles. The van der Waals surface area contributed by atoms with Crippen LogP contribution >= 0.6 is 0 Å². The molecule has 2 N–H and O–H groups in total. The van der Waals surface area contributed by atoms with Crippen LogP contribution in [0.15, 0.2) is 18.2 Å². The Kier molecular flexibility index (Phi) is 4.86. The number of hydrogen-bond donors (Lipinski definition) is 1. The van der Waals surface area contributed by atoms with Crippen LogP contribution in [0.4, 0.5) is 18.9 Å². The second-order valence-corrected chi connectivity index (χ2v) is 4.64. The van der Waals surface area contributed by atoms with Gasteiger partial charge < -0.3 is 15.4 Å². The molecule has 112 valence electrons. The summed E-state index contributed by atoms with van der Waals surface area (Å²) in [6.07, 6.45) is -4.45. The van der Waals surface area contributed by atoms with E-state index in [-0.39, 0.29) is 11.3 Å². The number of carbonyl (C=O) groups is 1. The summed E-state index contributed by atoms with van der Waals surface area (Å²) in [7, 11) is 1.39. The van der Waals surface area contributed by atoms with Gasteiger partial charge in [-0.2, -0.15) is 13.2 Å². The number of nitrogen functional groups attached to an aromatic ring is 1. The Hall–Kier alpha value is -1.92. The number of alkyl halides is 3. The van der Waals surface area contributed by atoms with Crippen molar-refractivity contribution in [1.29, 1.82) is 0 Å². The number of methoxy groups -OCH3 is 1. The van der Waals surface area contributed by atoms with Crippen molar-refractivity contribution in [2.45, 2.75) is 26.1 Å². The lowest BCUT2D eigenvalue weighted by atomic mass is 10.1. The van der Waals surface area contributed by atoms with Crippen molar-refractivity contribution in [3.63, 3.8) is 0 Å². The van der Waals surface area contributed by atoms with Crippen molar-refractivity contribution in [3.8, 4) is 5.75 Å². The molecular weight excluding hydrogens is 273 g/mol. The molecule has 0 atom stereocenters. The van der Waals surface area contributed by atoms with Crippen molar-refractivity contribution in [2.24, 2.45) is 0 Å². The number of hydrogen-bond acceptors (Lipinski definition) is 3. The van der Waals surface area contributed by atoms with E-state index in [9.17, 15) is 18.0 Å². The summed E-state index contributed by atoms with van der Waals surface area (Å²) in [4.78, 5) is 12.9. The molecule has 0 spiro atoms. The monoisotopic (exact) mass is 290 g/mol. The Morgan fingerprint density at radius 2 is 1.95 bits per heavy atom. The zero-order chi connectivity index (χ0) is 15.5. The standard InChI is InChI=1S/C13H17F3N2O2/c1-8(2)18(7-13(14,15)16)12(19)9-4-10(17)6-11(5-9)20-3/h4-6,8H,7,17H2,1-3H3. The van der Waals surface area contributed by atoms with Gasteiger partial charge in [0.05, 0.1) is 7.11 Å². The minimum absolute atomic E-state index is 0.0693. The zero-order valence-corrected chi connectivity index (χ0v) is 11.5. The van der Waals surface area contributed by atoms with E-state index in [1.54, 1.807) is 0 Å². The third-order valence-corrected chi connectivity index (χ3v) is 2.65. The third kappa shape index (κ3) is 4.32. The van der Waals surface area contributed by atoms with E-state index in [4.69, 9.17) is 10.5 Å². The number of halogens is 3. The molecule has 0 aliphatic carbocycles. The molecule has 7 heteroatoms. The summed E-state index contributed by atoms with van der Waals surface area (Å²) < 4.78 is 42.5. The van der Waals surface area contributed by atoms with Crippen molar-refractivity contribution in [3.05, 3.63) is 23.8 Å². The van der Waals surface area contributed by atoms with Crippen LogP contribution in [0.25, 0.3) is 0 Å². The number of nitrogens with two attached hydrogens (primary N) is 1. The van der Waals surface area contributed by atoms with Crippen molar-refractivity contribution >= 4 is 11.6 Å². The summed E-state index contributed by atoms with van der Waals surface area (Å²) in [6, 6.07) is 3.60. The van der Waals surface area contributed by atoms with Gasteiger partial charge in [-0.15, -0.1) is 0 Å². The Balaban J connectivity index is 3.09. The fraction of sp³-hybridized carbons (Fsp3) is 0.462. The molecule has 0 aliphatic heterocycles. The van der Waals surface area contributed by atoms with Gasteiger partial charge in [0.1, 0.15) is 12.3 Å². The van der Waals surface area contributed by atoms with E-state index < -0.39 is 24.7 Å². The van der Waals surface area contributed by atoms with Crippen LogP contribution < -0.4 is 10.5 Å². The number of benzene rings is 1. The van der Waals surface area contributed by atoms with Crippen LogP contribution in [0.1, 0.15) is 24.2 Å². The summed E-state index contributed by atoms with van der Waals surface area (Å²) in [5.41, 5.74) is 5.93. The van der Waals surface area contributed by atoms with Crippen LogP contribution in [-0.4, -0.2) is 36.7 Å². The lowest BCUT2D eigenvalue weighted by Gasteiger charge is -2.28. The highest BCUT2D eigenvalue weighted by Gasteiger charge is 2.34. The number of ether oxygens (including phenoxy) is 1. The van der Waals surface area contributed by atoms with E-state index in [0.717, 1.165) is 4.90 Å². The van der Waals surface area contributed by atoms with Gasteiger partial charge in [-0.25, -0.2) is 0 Å². The molecule has 0 bridgehead atoms. The fourth-order valence-corrected chi connectivity index (χ4v) is 1.71. The molecule has 0 heterocycles. The Morgan fingerprint density at radius 3 is 2.40 bits per heavy atom. The van der Waals surface area contributed by atoms with Gasteiger partial charge in [0.15, 0.2) is 0 Å². The smallest absolute Gasteiger partial charge is 0.406 e. The number of rotatable bonds is 4. The largest absolute Gasteiger partial charge is 0.497 e. The molecule has 0 aromatic heterocycles. The second kappa shape index (κ2) is 6.02. The van der Waals surface area contributed by atoms with Crippen LogP contribution in [0.5, 0.6) is 5.75 Å². The fourth-order valence-electron chi connectivity index (χ4n) is 1.71. The lowest BCUT2D eigenvalue weighted by Crippen LogP contribution is -2.43. The van der Waals surface area contributed by atoms with Gasteiger partial charge in [0.2, 0.25) is 0 Å². The number of nitrogens with zero attached hydrogens (tertiary/aromatic N) is 1. The first-order valence-electron chi connectivity index (χ1n) is 5.96. The molecule has 1 rings (SSSR count). The highest BCUT2D eigenvalue weighted by atomic mass is 19.4. The molecule has 20 heavy (non-hydrogen) atoms. The van der Waals surface area contributed by atoms with Gasteiger partial charge >= 0.3 is 6.18 Å². The highest BCUT2D eigenvalue weighted by Crippen LogP contribution is 2.23. The second-order valence-electron chi connectivity index (χ2n) is 4.64. The highest BCUT2D eigenvalue weighted by molar-refractivity contribution is 5.95. The van der Waals surface area contributed by atoms with Crippen LogP contribution in [0.3, 0.4) is 0 Å². The van der Waals surface area contributed by atoms with Crippen LogP contribution in [0.2, 0.25) is 0 Å². The van der Waals surface area contributed by atoms with Gasteiger partial charge in [-0.05, 0) is 26.0 Å². The number of amides is 1. The van der Waals surface area contributed by atoms with Crippen molar-refractivity contribution < 1.29 is 22.7 Å². The molecule has 0 unspecified atom stereocenters. The van der Waals surface area contributed by atoms with Gasteiger partial charge in [-0.1, -0.05) is 0 Å². The first kappa shape index (κ1) is 16.1. The molecule has 1 aromatic carbocycles. The molecule has 0 aliphatic rings. The minimum Gasteiger partial charge on any atom is -0.497 e. The topological polar surface area (TPSA) is 55.6 Å². The van der Waals surface area contributed by atoms with Gasteiger partial charge in [-0.3, -0.25) is 4.79 Å². The lowest BCUT2D eigenvalue weighted by molar-refractivity contribution is -0.143. The summed E-state index contributed by atoms with van der Waals surface area (Å²) in [5, 5.41) is 0. The van der Waals surface area contributed by atoms with Gasteiger partial charge in [0.25, 0.3) is 5.91 Å². The predicted molar refractivity (Wildman–Crippen MR) is 69.6 cm³/mol. The third-order valence-electron chi connectivity index (χ3n) is 2.65. The summed E-state index contributed by atoms with van der Waals surface area (Å²) >= 11 is 0. The Morgan fingerprint density at radius 1 is 1.35 bits per heavy atom. The van der Waals surface area contributed by atoms with E-state index in [0.29, 0.717) is 5.75 Å². The van der Waals surface area contributed by atoms with Crippen LogP contribution in [-0.2, 0) is 0 Å². The number of anilines is 1. The van der Waals surface area contributed by atoms with E-state index >= 15 is 0 Å². The SMILES string of the molecule is COc1cc(N)cc(C(=O)N(CC(F)(F)F)C(C)C)c1. The predicted octanol–water partition coefficient (Wildman–Crippen LogP) is 2.69. The molecule has 0 saturated carbocycles. The molecule has 0 fully saturated rings. The Bertz CT molecular complexity index is 487. The molecule has 1 amide bonds. The summed E-state index contributed by atoms with van der Waals surface area (Å²) in [6.45, 7) is 1.74. The maximum absolute atomic E-state index is 12.5. The quantitative estimate of drug-likeness (QED) is 0.867. The average Bonchev–Trinajstić information content (AvgIpc) is 2.33. The van der Waals surface area contributed by atoms with Gasteiger partial charge in [0, 0.05) is 23.4 Å². The molecule has 1 aromatic rings. The Labute approximate surface area is 115 Å². The minimum atomic E-state index is -4.45. The van der Waals surface area contributed by atoms with E-state index in [1.165, 1.54) is 39.2 Å². The zero-order valence-electron chi connectivity index (χ0n) is 11.5. The average molecular weight is 290 g/mol. The number of carbonyl (C=O) groups excluding carboxylic acids is 1. The molecule has 4 nitrogen and oxygen atoms in total. The molecule has 0 radical (unpaired) electrons. The maximum Gasteiger partial charge on any atom is 0.406 e.